The van der Waals surface area contributed by atoms with Gasteiger partial charge in [0.15, 0.2) is 0 Å². The zero-order valence-electron chi connectivity index (χ0n) is 12.0. The van der Waals surface area contributed by atoms with E-state index in [1.54, 1.807) is 0 Å². The van der Waals surface area contributed by atoms with Crippen molar-refractivity contribution in [3.8, 4) is 0 Å². The largest absolute Gasteiger partial charge is 0.355 e. The lowest BCUT2D eigenvalue weighted by Crippen LogP contribution is -2.41. The normalized spacial score (nSPS) is 18.9. The van der Waals surface area contributed by atoms with Crippen molar-refractivity contribution in [1.82, 2.24) is 10.2 Å². The summed E-state index contributed by atoms with van der Waals surface area (Å²) >= 11 is 0. The molecular weight excluding hydrogens is 226 g/mol. The average Bonchev–Trinajstić information content (AvgIpc) is 2.43. The van der Waals surface area contributed by atoms with Crippen molar-refractivity contribution in [2.75, 3.05) is 20.1 Å². The Balaban J connectivity index is 2.08. The molecule has 106 valence electrons. The minimum absolute atomic E-state index is 0.0159. The van der Waals surface area contributed by atoms with Gasteiger partial charge in [-0.1, -0.05) is 26.2 Å². The molecule has 1 atom stereocenters. The van der Waals surface area contributed by atoms with E-state index in [0.717, 1.165) is 25.6 Å². The summed E-state index contributed by atoms with van der Waals surface area (Å²) in [7, 11) is 2.20. The number of hydrogen-bond donors (Lipinski definition) is 2. The van der Waals surface area contributed by atoms with Crippen LogP contribution < -0.4 is 11.1 Å². The van der Waals surface area contributed by atoms with Crippen LogP contribution in [0.3, 0.4) is 0 Å². The summed E-state index contributed by atoms with van der Waals surface area (Å²) in [5.41, 5.74) is 5.65. The highest BCUT2D eigenvalue weighted by molar-refractivity contribution is 5.81. The van der Waals surface area contributed by atoms with Crippen molar-refractivity contribution in [1.29, 1.82) is 0 Å². The van der Waals surface area contributed by atoms with Crippen LogP contribution in [0.2, 0.25) is 0 Å². The van der Waals surface area contributed by atoms with Gasteiger partial charge < -0.3 is 16.0 Å². The Bertz CT molecular complexity index is 239. The Labute approximate surface area is 111 Å². The quantitative estimate of drug-likeness (QED) is 0.678. The monoisotopic (exact) mass is 255 g/mol. The van der Waals surface area contributed by atoms with Gasteiger partial charge in [0, 0.05) is 12.6 Å². The number of nitrogens with two attached hydrogens (primary N) is 1. The first-order chi connectivity index (χ1) is 8.65. The van der Waals surface area contributed by atoms with Gasteiger partial charge in [-0.3, -0.25) is 4.79 Å². The summed E-state index contributed by atoms with van der Waals surface area (Å²) in [6.45, 7) is 3.73. The van der Waals surface area contributed by atoms with E-state index in [-0.39, 0.29) is 11.9 Å². The molecular formula is C14H29N3O. The molecule has 1 aliphatic carbocycles. The van der Waals surface area contributed by atoms with E-state index in [2.05, 4.69) is 17.3 Å². The lowest BCUT2D eigenvalue weighted by atomic mass is 9.94. The van der Waals surface area contributed by atoms with Crippen LogP contribution in [0, 0.1) is 0 Å². The second-order valence-electron chi connectivity index (χ2n) is 5.43. The van der Waals surface area contributed by atoms with Gasteiger partial charge in [0.1, 0.15) is 0 Å². The van der Waals surface area contributed by atoms with Crippen molar-refractivity contribution in [3.05, 3.63) is 0 Å². The van der Waals surface area contributed by atoms with Crippen LogP contribution in [-0.4, -0.2) is 43.0 Å². The van der Waals surface area contributed by atoms with Crippen LogP contribution in [0.1, 0.15) is 51.9 Å². The number of carbonyl (C=O) groups is 1. The van der Waals surface area contributed by atoms with Gasteiger partial charge in [0.2, 0.25) is 5.91 Å². The summed E-state index contributed by atoms with van der Waals surface area (Å²) in [4.78, 5) is 13.9. The maximum absolute atomic E-state index is 11.5. The van der Waals surface area contributed by atoms with E-state index in [1.165, 1.54) is 32.1 Å². The summed E-state index contributed by atoms with van der Waals surface area (Å²) in [6.07, 6.45) is 8.53. The summed E-state index contributed by atoms with van der Waals surface area (Å²) in [5.74, 6) is -0.0159. The molecule has 1 aliphatic rings. The second-order valence-corrected chi connectivity index (χ2v) is 5.43. The van der Waals surface area contributed by atoms with Gasteiger partial charge in [0.05, 0.1) is 6.04 Å². The smallest absolute Gasteiger partial charge is 0.236 e. The molecule has 0 aromatic rings. The van der Waals surface area contributed by atoms with Gasteiger partial charge in [-0.2, -0.15) is 0 Å². The van der Waals surface area contributed by atoms with E-state index in [9.17, 15) is 4.79 Å². The molecule has 0 saturated heterocycles. The molecule has 0 radical (unpaired) electrons. The minimum Gasteiger partial charge on any atom is -0.355 e. The van der Waals surface area contributed by atoms with Crippen molar-refractivity contribution < 1.29 is 4.79 Å². The van der Waals surface area contributed by atoms with Crippen LogP contribution in [0.25, 0.3) is 0 Å². The van der Waals surface area contributed by atoms with Gasteiger partial charge in [-0.25, -0.2) is 0 Å². The van der Waals surface area contributed by atoms with Crippen LogP contribution in [0.4, 0.5) is 0 Å². The molecule has 3 N–H and O–H groups in total. The fourth-order valence-corrected chi connectivity index (χ4v) is 2.56. The highest BCUT2D eigenvalue weighted by atomic mass is 16.2. The fourth-order valence-electron chi connectivity index (χ4n) is 2.56. The number of nitrogens with zero attached hydrogens (tertiary/aromatic N) is 1. The molecule has 4 heteroatoms. The Morgan fingerprint density at radius 1 is 1.39 bits per heavy atom. The van der Waals surface area contributed by atoms with Gasteiger partial charge >= 0.3 is 0 Å². The third kappa shape index (κ3) is 5.36. The molecule has 0 spiro atoms. The lowest BCUT2D eigenvalue weighted by Gasteiger charge is -2.31. The Morgan fingerprint density at radius 2 is 2.06 bits per heavy atom. The molecule has 1 rings (SSSR count). The zero-order valence-corrected chi connectivity index (χ0v) is 12.0. The number of carbonyl (C=O) groups excluding carboxylic acids is 1. The molecule has 0 unspecified atom stereocenters. The van der Waals surface area contributed by atoms with Crippen molar-refractivity contribution in [2.24, 2.45) is 5.73 Å². The van der Waals surface area contributed by atoms with Crippen molar-refractivity contribution in [2.45, 2.75) is 64.0 Å². The fraction of sp³-hybridized carbons (Fsp3) is 0.929. The molecule has 0 bridgehead atoms. The molecule has 4 nitrogen and oxygen atoms in total. The number of rotatable bonds is 7. The van der Waals surface area contributed by atoms with Crippen LogP contribution >= 0.6 is 0 Å². The zero-order chi connectivity index (χ0) is 13.4. The highest BCUT2D eigenvalue weighted by Crippen LogP contribution is 2.21. The van der Waals surface area contributed by atoms with Crippen LogP contribution in [0.5, 0.6) is 0 Å². The molecule has 0 heterocycles. The van der Waals surface area contributed by atoms with Crippen LogP contribution in [-0.2, 0) is 4.79 Å². The van der Waals surface area contributed by atoms with E-state index >= 15 is 0 Å². The van der Waals surface area contributed by atoms with E-state index < -0.39 is 0 Å². The summed E-state index contributed by atoms with van der Waals surface area (Å²) < 4.78 is 0. The van der Waals surface area contributed by atoms with Gasteiger partial charge in [-0.05, 0) is 39.3 Å². The average molecular weight is 255 g/mol. The maximum atomic E-state index is 11.5. The maximum Gasteiger partial charge on any atom is 0.236 e. The molecule has 1 saturated carbocycles. The first-order valence-corrected chi connectivity index (χ1v) is 7.38. The SMILES string of the molecule is CC[C@@H](N)C(=O)NCCCN(C)C1CCCCC1. The summed E-state index contributed by atoms with van der Waals surface area (Å²) in [5, 5.41) is 2.90. The molecule has 18 heavy (non-hydrogen) atoms. The molecule has 1 fully saturated rings. The van der Waals surface area contributed by atoms with Crippen LogP contribution in [0.15, 0.2) is 0 Å². The molecule has 1 amide bonds. The first-order valence-electron chi connectivity index (χ1n) is 7.38. The second kappa shape index (κ2) is 8.48. The third-order valence-electron chi connectivity index (χ3n) is 3.96. The van der Waals surface area contributed by atoms with Crippen molar-refractivity contribution in [3.63, 3.8) is 0 Å². The number of hydrogen-bond acceptors (Lipinski definition) is 3. The minimum atomic E-state index is -0.346. The molecule has 0 aliphatic heterocycles. The Hall–Kier alpha value is -0.610. The number of nitrogens with one attached hydrogen (secondary N) is 1. The van der Waals surface area contributed by atoms with E-state index in [0.29, 0.717) is 6.42 Å². The molecule has 0 aromatic carbocycles. The number of amides is 1. The predicted octanol–water partition coefficient (Wildman–Crippen LogP) is 1.49. The third-order valence-corrected chi connectivity index (χ3v) is 3.96. The Kier molecular flexibility index (Phi) is 7.28. The lowest BCUT2D eigenvalue weighted by molar-refractivity contribution is -0.122. The predicted molar refractivity (Wildman–Crippen MR) is 75.4 cm³/mol. The van der Waals surface area contributed by atoms with Gasteiger partial charge in [-0.15, -0.1) is 0 Å². The van der Waals surface area contributed by atoms with E-state index in [4.69, 9.17) is 5.73 Å². The topological polar surface area (TPSA) is 58.4 Å². The highest BCUT2D eigenvalue weighted by Gasteiger charge is 2.17. The standard InChI is InChI=1S/C14H29N3O/c1-3-13(15)14(18)16-10-7-11-17(2)12-8-5-4-6-9-12/h12-13H,3-11,15H2,1-2H3,(H,16,18)/t13-/m1/s1. The van der Waals surface area contributed by atoms with E-state index in [1.807, 2.05) is 6.92 Å². The van der Waals surface area contributed by atoms with Gasteiger partial charge in [0.25, 0.3) is 0 Å². The first kappa shape index (κ1) is 15.4. The summed E-state index contributed by atoms with van der Waals surface area (Å²) in [6, 6.07) is 0.411. The molecule has 0 aromatic heterocycles. The Morgan fingerprint density at radius 3 is 2.67 bits per heavy atom. The van der Waals surface area contributed by atoms with Crippen molar-refractivity contribution >= 4 is 5.91 Å².